The molecule has 0 aliphatic heterocycles. The maximum Gasteiger partial charge on any atom is 0.123 e. The first-order valence-electron chi connectivity index (χ1n) is 5.71. The summed E-state index contributed by atoms with van der Waals surface area (Å²) in [7, 11) is 0. The molecule has 0 amide bonds. The summed E-state index contributed by atoms with van der Waals surface area (Å²) >= 11 is 0. The van der Waals surface area contributed by atoms with Crippen LogP contribution in [0.1, 0.15) is 24.5 Å². The predicted octanol–water partition coefficient (Wildman–Crippen LogP) is 2.62. The van der Waals surface area contributed by atoms with Crippen LogP contribution in [-0.4, -0.2) is 19.3 Å². The molecule has 3 heteroatoms. The largest absolute Gasteiger partial charge is 0.491 e. The van der Waals surface area contributed by atoms with Crippen LogP contribution in [0.4, 0.5) is 4.39 Å². The van der Waals surface area contributed by atoms with Gasteiger partial charge in [-0.05, 0) is 31.4 Å². The molecule has 0 bridgehead atoms. The Labute approximate surface area is 96.6 Å². The standard InChI is InChI=1S/C13H20FNO/c1-3-12(15)9-11-8-10(2)4-5-13(11)16-7-6-14/h4-5,8,12H,3,6-7,9,15H2,1-2H3. The van der Waals surface area contributed by atoms with Crippen molar-refractivity contribution in [1.82, 2.24) is 0 Å². The molecule has 90 valence electrons. The second-order valence-corrected chi connectivity index (χ2v) is 4.02. The molecule has 0 saturated heterocycles. The molecule has 2 N–H and O–H groups in total. The predicted molar refractivity (Wildman–Crippen MR) is 64.6 cm³/mol. The van der Waals surface area contributed by atoms with E-state index >= 15 is 0 Å². The van der Waals surface area contributed by atoms with Crippen LogP contribution in [0.3, 0.4) is 0 Å². The lowest BCUT2D eigenvalue weighted by Gasteiger charge is -2.14. The molecule has 0 aliphatic carbocycles. The fourth-order valence-corrected chi connectivity index (χ4v) is 1.58. The zero-order valence-corrected chi connectivity index (χ0v) is 10.0. The van der Waals surface area contributed by atoms with Crippen molar-refractivity contribution in [3.8, 4) is 5.75 Å². The molecule has 2 nitrogen and oxygen atoms in total. The highest BCUT2D eigenvalue weighted by molar-refractivity contribution is 5.37. The minimum absolute atomic E-state index is 0.109. The molecule has 0 saturated carbocycles. The van der Waals surface area contributed by atoms with E-state index in [0.717, 1.165) is 24.2 Å². The molecule has 0 spiro atoms. The molecule has 1 aromatic rings. The molecular formula is C13H20FNO. The van der Waals surface area contributed by atoms with Gasteiger partial charge in [0.2, 0.25) is 0 Å². The Kier molecular flexibility index (Phi) is 5.26. The summed E-state index contributed by atoms with van der Waals surface area (Å²) in [5.41, 5.74) is 8.17. The fourth-order valence-electron chi connectivity index (χ4n) is 1.58. The van der Waals surface area contributed by atoms with Gasteiger partial charge >= 0.3 is 0 Å². The van der Waals surface area contributed by atoms with Crippen LogP contribution in [0.2, 0.25) is 0 Å². The zero-order chi connectivity index (χ0) is 12.0. The summed E-state index contributed by atoms with van der Waals surface area (Å²) in [6.07, 6.45) is 1.70. The van der Waals surface area contributed by atoms with Crippen LogP contribution < -0.4 is 10.5 Å². The van der Waals surface area contributed by atoms with Crippen molar-refractivity contribution in [2.45, 2.75) is 32.7 Å². The number of aryl methyl sites for hydroxylation is 1. The van der Waals surface area contributed by atoms with E-state index in [2.05, 4.69) is 13.0 Å². The van der Waals surface area contributed by atoms with Gasteiger partial charge in [0, 0.05) is 6.04 Å². The van der Waals surface area contributed by atoms with Crippen LogP contribution >= 0.6 is 0 Å². The van der Waals surface area contributed by atoms with E-state index in [-0.39, 0.29) is 12.6 Å². The van der Waals surface area contributed by atoms with Gasteiger partial charge < -0.3 is 10.5 Å². The van der Waals surface area contributed by atoms with Crippen LogP contribution in [0, 0.1) is 6.92 Å². The SMILES string of the molecule is CCC(N)Cc1cc(C)ccc1OCCF. The molecule has 1 atom stereocenters. The molecule has 0 heterocycles. The average molecular weight is 225 g/mol. The van der Waals surface area contributed by atoms with Crippen molar-refractivity contribution < 1.29 is 9.13 Å². The van der Waals surface area contributed by atoms with E-state index in [0.29, 0.717) is 0 Å². The second kappa shape index (κ2) is 6.48. The summed E-state index contributed by atoms with van der Waals surface area (Å²) in [6, 6.07) is 6.05. The minimum atomic E-state index is -0.465. The molecule has 1 unspecified atom stereocenters. The highest BCUT2D eigenvalue weighted by Crippen LogP contribution is 2.21. The third-order valence-electron chi connectivity index (χ3n) is 2.56. The highest BCUT2D eigenvalue weighted by atomic mass is 19.1. The molecular weight excluding hydrogens is 205 g/mol. The van der Waals surface area contributed by atoms with Crippen LogP contribution in [-0.2, 0) is 6.42 Å². The van der Waals surface area contributed by atoms with Crippen LogP contribution in [0.25, 0.3) is 0 Å². The fraction of sp³-hybridized carbons (Fsp3) is 0.538. The Balaban J connectivity index is 2.80. The summed E-state index contributed by atoms with van der Waals surface area (Å²) in [5, 5.41) is 0. The van der Waals surface area contributed by atoms with Gasteiger partial charge in [0.1, 0.15) is 19.0 Å². The number of hydrogen-bond acceptors (Lipinski definition) is 2. The zero-order valence-electron chi connectivity index (χ0n) is 10.0. The van der Waals surface area contributed by atoms with E-state index in [9.17, 15) is 4.39 Å². The Bertz CT molecular complexity index is 328. The normalized spacial score (nSPS) is 12.5. The van der Waals surface area contributed by atoms with E-state index in [1.165, 1.54) is 5.56 Å². The van der Waals surface area contributed by atoms with Gasteiger partial charge in [-0.2, -0.15) is 0 Å². The first-order chi connectivity index (χ1) is 7.67. The van der Waals surface area contributed by atoms with Crippen molar-refractivity contribution in [3.05, 3.63) is 29.3 Å². The van der Waals surface area contributed by atoms with Gasteiger partial charge in [0.05, 0.1) is 0 Å². The highest BCUT2D eigenvalue weighted by Gasteiger charge is 2.08. The topological polar surface area (TPSA) is 35.2 Å². The summed E-state index contributed by atoms with van der Waals surface area (Å²) < 4.78 is 17.4. The molecule has 0 aliphatic rings. The average Bonchev–Trinajstić information content (AvgIpc) is 2.28. The lowest BCUT2D eigenvalue weighted by molar-refractivity contribution is 0.270. The third-order valence-corrected chi connectivity index (χ3v) is 2.56. The Hall–Kier alpha value is -1.09. The molecule has 16 heavy (non-hydrogen) atoms. The van der Waals surface area contributed by atoms with Gasteiger partial charge in [-0.1, -0.05) is 24.6 Å². The summed E-state index contributed by atoms with van der Waals surface area (Å²) in [6.45, 7) is 3.73. The molecule has 0 aromatic heterocycles. The minimum Gasteiger partial charge on any atom is -0.491 e. The molecule has 1 aromatic carbocycles. The number of nitrogens with two attached hydrogens (primary N) is 1. The number of hydrogen-bond donors (Lipinski definition) is 1. The number of rotatable bonds is 6. The number of benzene rings is 1. The summed E-state index contributed by atoms with van der Waals surface area (Å²) in [4.78, 5) is 0. The number of halogens is 1. The van der Waals surface area contributed by atoms with Crippen molar-refractivity contribution in [3.63, 3.8) is 0 Å². The lowest BCUT2D eigenvalue weighted by Crippen LogP contribution is -2.22. The number of ether oxygens (including phenoxy) is 1. The van der Waals surface area contributed by atoms with Gasteiger partial charge in [-0.15, -0.1) is 0 Å². The van der Waals surface area contributed by atoms with E-state index in [4.69, 9.17) is 10.5 Å². The number of alkyl halides is 1. The van der Waals surface area contributed by atoms with E-state index < -0.39 is 6.67 Å². The Morgan fingerprint density at radius 3 is 2.81 bits per heavy atom. The summed E-state index contributed by atoms with van der Waals surface area (Å²) in [5.74, 6) is 0.757. The first kappa shape index (κ1) is 13.0. The van der Waals surface area contributed by atoms with Crippen LogP contribution in [0.5, 0.6) is 5.75 Å². The maximum absolute atomic E-state index is 12.1. The van der Waals surface area contributed by atoms with Gasteiger partial charge in [-0.3, -0.25) is 0 Å². The van der Waals surface area contributed by atoms with Crippen molar-refractivity contribution in [1.29, 1.82) is 0 Å². The molecule has 0 fully saturated rings. The van der Waals surface area contributed by atoms with E-state index in [1.54, 1.807) is 0 Å². The quantitative estimate of drug-likeness (QED) is 0.807. The van der Waals surface area contributed by atoms with Gasteiger partial charge in [0.15, 0.2) is 0 Å². The third kappa shape index (κ3) is 3.81. The van der Waals surface area contributed by atoms with E-state index in [1.807, 2.05) is 19.1 Å². The smallest absolute Gasteiger partial charge is 0.123 e. The van der Waals surface area contributed by atoms with Crippen LogP contribution in [0.15, 0.2) is 18.2 Å². The van der Waals surface area contributed by atoms with Crippen molar-refractivity contribution in [2.24, 2.45) is 5.73 Å². The maximum atomic E-state index is 12.1. The Morgan fingerprint density at radius 2 is 2.19 bits per heavy atom. The molecule has 1 rings (SSSR count). The first-order valence-corrected chi connectivity index (χ1v) is 5.71. The monoisotopic (exact) mass is 225 g/mol. The Morgan fingerprint density at radius 1 is 1.44 bits per heavy atom. The van der Waals surface area contributed by atoms with Crippen molar-refractivity contribution in [2.75, 3.05) is 13.3 Å². The van der Waals surface area contributed by atoms with Gasteiger partial charge in [0.25, 0.3) is 0 Å². The van der Waals surface area contributed by atoms with Crippen molar-refractivity contribution >= 4 is 0 Å². The molecule has 0 radical (unpaired) electrons. The second-order valence-electron chi connectivity index (χ2n) is 4.02. The lowest BCUT2D eigenvalue weighted by atomic mass is 10.0. The van der Waals surface area contributed by atoms with Gasteiger partial charge in [-0.25, -0.2) is 4.39 Å².